The van der Waals surface area contributed by atoms with Crippen molar-refractivity contribution in [3.63, 3.8) is 0 Å². The van der Waals surface area contributed by atoms with Gasteiger partial charge in [0.15, 0.2) is 5.75 Å². The molecule has 0 aliphatic rings. The topological polar surface area (TPSA) is 94.6 Å². The number of nitrogens with two attached hydrogens (primary N) is 1. The summed E-state index contributed by atoms with van der Waals surface area (Å²) in [5.74, 6) is 1.22. The molecule has 80 valence electrons. The maximum atomic E-state index is 6.01. The largest absolute Gasteiger partial charge is 0.493 e. The van der Waals surface area contributed by atoms with Crippen molar-refractivity contribution in [1.82, 2.24) is 25.0 Å². The third-order valence-corrected chi connectivity index (χ3v) is 2.19. The van der Waals surface area contributed by atoms with Gasteiger partial charge in [0.2, 0.25) is 0 Å². The molecule has 2 aromatic heterocycles. The fourth-order valence-electron chi connectivity index (χ4n) is 1.43. The van der Waals surface area contributed by atoms with Crippen LogP contribution in [0.5, 0.6) is 5.75 Å². The van der Waals surface area contributed by atoms with Crippen molar-refractivity contribution in [2.45, 2.75) is 6.04 Å². The lowest BCUT2D eigenvalue weighted by Crippen LogP contribution is -2.18. The van der Waals surface area contributed by atoms with Crippen molar-refractivity contribution < 1.29 is 4.74 Å². The maximum absolute atomic E-state index is 6.01. The molecule has 0 aliphatic carbocycles. The molecule has 0 aliphatic heterocycles. The first-order valence-corrected chi connectivity index (χ1v) is 4.40. The van der Waals surface area contributed by atoms with Crippen LogP contribution in [-0.4, -0.2) is 32.1 Å². The average molecular weight is 208 g/mol. The van der Waals surface area contributed by atoms with E-state index in [9.17, 15) is 0 Å². The lowest BCUT2D eigenvalue weighted by atomic mass is 10.2. The fourth-order valence-corrected chi connectivity index (χ4v) is 1.43. The summed E-state index contributed by atoms with van der Waals surface area (Å²) in [5.41, 5.74) is 6.77. The predicted octanol–water partition coefficient (Wildman–Crippen LogP) is -0.405. The predicted molar refractivity (Wildman–Crippen MR) is 52.2 cm³/mol. The summed E-state index contributed by atoms with van der Waals surface area (Å²) in [6.07, 6.45) is 3.03. The summed E-state index contributed by atoms with van der Waals surface area (Å²) in [7, 11) is 3.38. The van der Waals surface area contributed by atoms with E-state index in [-0.39, 0.29) is 0 Å². The Morgan fingerprint density at radius 3 is 3.00 bits per heavy atom. The Balaban J connectivity index is 2.40. The van der Waals surface area contributed by atoms with Crippen molar-refractivity contribution >= 4 is 0 Å². The fraction of sp³-hybridized carbons (Fsp3) is 0.375. The summed E-state index contributed by atoms with van der Waals surface area (Å²) in [4.78, 5) is 4.00. The molecule has 15 heavy (non-hydrogen) atoms. The number of nitrogens with one attached hydrogen (secondary N) is 1. The highest BCUT2D eigenvalue weighted by Gasteiger charge is 2.20. The molecule has 0 saturated carbocycles. The Morgan fingerprint density at radius 2 is 2.40 bits per heavy atom. The van der Waals surface area contributed by atoms with Gasteiger partial charge in [0, 0.05) is 7.05 Å². The highest BCUT2D eigenvalue weighted by Crippen LogP contribution is 2.25. The van der Waals surface area contributed by atoms with Crippen molar-refractivity contribution in [1.29, 1.82) is 0 Å². The molecule has 0 bridgehead atoms. The van der Waals surface area contributed by atoms with Crippen molar-refractivity contribution in [3.05, 3.63) is 24.0 Å². The van der Waals surface area contributed by atoms with Crippen LogP contribution in [0, 0.1) is 0 Å². The standard InChI is InChI=1S/C8H12N6O/c1-14-7(5(15-2)3-12-14)6(9)8-10-4-11-13-8/h3-4,6H,9H2,1-2H3,(H,10,11,13). The number of hydrogen-bond acceptors (Lipinski definition) is 5. The van der Waals surface area contributed by atoms with E-state index in [0.29, 0.717) is 11.6 Å². The lowest BCUT2D eigenvalue weighted by molar-refractivity contribution is 0.405. The van der Waals surface area contributed by atoms with Crippen molar-refractivity contribution in [3.8, 4) is 5.75 Å². The quantitative estimate of drug-likeness (QED) is 0.715. The molecule has 2 rings (SSSR count). The van der Waals surface area contributed by atoms with E-state index in [2.05, 4.69) is 20.3 Å². The van der Waals surface area contributed by atoms with Crippen molar-refractivity contribution in [2.75, 3.05) is 7.11 Å². The van der Waals surface area contributed by atoms with Gasteiger partial charge in [-0.05, 0) is 0 Å². The molecule has 7 heteroatoms. The molecular weight excluding hydrogens is 196 g/mol. The number of methoxy groups -OCH3 is 1. The molecule has 1 unspecified atom stereocenters. The Bertz CT molecular complexity index is 434. The van der Waals surface area contributed by atoms with Gasteiger partial charge in [0.25, 0.3) is 0 Å². The average Bonchev–Trinajstić information content (AvgIpc) is 2.85. The number of rotatable bonds is 3. The van der Waals surface area contributed by atoms with E-state index in [1.54, 1.807) is 25.0 Å². The molecule has 2 heterocycles. The zero-order valence-electron chi connectivity index (χ0n) is 8.51. The molecule has 0 fully saturated rings. The zero-order valence-corrected chi connectivity index (χ0v) is 8.51. The summed E-state index contributed by atoms with van der Waals surface area (Å²) in [5, 5.41) is 10.5. The van der Waals surface area contributed by atoms with Gasteiger partial charge in [0.1, 0.15) is 23.9 Å². The van der Waals surface area contributed by atoms with Crippen LogP contribution in [0.15, 0.2) is 12.5 Å². The molecular formula is C8H12N6O. The normalized spacial score (nSPS) is 12.7. The number of aromatic amines is 1. The highest BCUT2D eigenvalue weighted by atomic mass is 16.5. The van der Waals surface area contributed by atoms with Crippen LogP contribution in [0.3, 0.4) is 0 Å². The monoisotopic (exact) mass is 208 g/mol. The first-order valence-electron chi connectivity index (χ1n) is 4.40. The molecule has 2 aromatic rings. The second kappa shape index (κ2) is 3.70. The number of ether oxygens (including phenoxy) is 1. The Hall–Kier alpha value is -1.89. The van der Waals surface area contributed by atoms with Gasteiger partial charge in [-0.2, -0.15) is 10.2 Å². The maximum Gasteiger partial charge on any atom is 0.162 e. The summed E-state index contributed by atoms with van der Waals surface area (Å²) >= 11 is 0. The first kappa shape index (κ1) is 9.66. The van der Waals surface area contributed by atoms with Crippen LogP contribution in [0.25, 0.3) is 0 Å². The second-order valence-corrected chi connectivity index (χ2v) is 3.07. The highest BCUT2D eigenvalue weighted by molar-refractivity contribution is 5.31. The Labute approximate surface area is 86.3 Å². The van der Waals surface area contributed by atoms with E-state index >= 15 is 0 Å². The molecule has 0 radical (unpaired) electrons. The molecule has 0 spiro atoms. The minimum Gasteiger partial charge on any atom is -0.493 e. The smallest absolute Gasteiger partial charge is 0.162 e. The third kappa shape index (κ3) is 1.57. The van der Waals surface area contributed by atoms with Crippen LogP contribution in [0.2, 0.25) is 0 Å². The van der Waals surface area contributed by atoms with Gasteiger partial charge in [-0.3, -0.25) is 9.78 Å². The molecule has 1 atom stereocenters. The van der Waals surface area contributed by atoms with Crippen LogP contribution < -0.4 is 10.5 Å². The van der Waals surface area contributed by atoms with E-state index in [1.165, 1.54) is 6.33 Å². The third-order valence-electron chi connectivity index (χ3n) is 2.19. The molecule has 0 amide bonds. The lowest BCUT2D eigenvalue weighted by Gasteiger charge is -2.10. The number of hydrogen-bond donors (Lipinski definition) is 2. The number of aryl methyl sites for hydroxylation is 1. The van der Waals surface area contributed by atoms with E-state index in [4.69, 9.17) is 10.5 Å². The van der Waals surface area contributed by atoms with E-state index < -0.39 is 6.04 Å². The van der Waals surface area contributed by atoms with E-state index in [1.807, 2.05) is 0 Å². The molecule has 7 nitrogen and oxygen atoms in total. The minimum atomic E-state index is -0.421. The number of aromatic nitrogens is 5. The summed E-state index contributed by atoms with van der Waals surface area (Å²) in [6, 6.07) is -0.421. The minimum absolute atomic E-state index is 0.421. The summed E-state index contributed by atoms with van der Waals surface area (Å²) in [6.45, 7) is 0. The molecule has 0 aromatic carbocycles. The van der Waals surface area contributed by atoms with E-state index in [0.717, 1.165) is 5.69 Å². The number of H-pyrrole nitrogens is 1. The van der Waals surface area contributed by atoms with Crippen LogP contribution in [-0.2, 0) is 7.05 Å². The first-order chi connectivity index (χ1) is 7.24. The van der Waals surface area contributed by atoms with Crippen molar-refractivity contribution in [2.24, 2.45) is 12.8 Å². The number of nitrogens with zero attached hydrogens (tertiary/aromatic N) is 4. The van der Waals surface area contributed by atoms with Gasteiger partial charge < -0.3 is 10.5 Å². The summed E-state index contributed by atoms with van der Waals surface area (Å²) < 4.78 is 6.82. The van der Waals surface area contributed by atoms with Gasteiger partial charge in [-0.15, -0.1) is 0 Å². The second-order valence-electron chi connectivity index (χ2n) is 3.07. The van der Waals surface area contributed by atoms with Gasteiger partial charge >= 0.3 is 0 Å². The van der Waals surface area contributed by atoms with Crippen LogP contribution in [0.1, 0.15) is 17.6 Å². The zero-order chi connectivity index (χ0) is 10.8. The van der Waals surface area contributed by atoms with Gasteiger partial charge in [-0.25, -0.2) is 4.98 Å². The molecule has 3 N–H and O–H groups in total. The van der Waals surface area contributed by atoms with Crippen LogP contribution in [0.4, 0.5) is 0 Å². The van der Waals surface area contributed by atoms with Gasteiger partial charge in [0.05, 0.1) is 13.3 Å². The Kier molecular flexibility index (Phi) is 2.38. The molecule has 0 saturated heterocycles. The Morgan fingerprint density at radius 1 is 1.60 bits per heavy atom. The van der Waals surface area contributed by atoms with Gasteiger partial charge in [-0.1, -0.05) is 0 Å². The SMILES string of the molecule is COc1cnn(C)c1C(N)c1ncn[nH]1. The van der Waals surface area contributed by atoms with Crippen LogP contribution >= 0.6 is 0 Å².